The van der Waals surface area contributed by atoms with E-state index in [9.17, 15) is 0 Å². The number of hydrogen-bond donors (Lipinski definition) is 0. The van der Waals surface area contributed by atoms with Gasteiger partial charge in [0.05, 0.1) is 5.56 Å². The van der Waals surface area contributed by atoms with Crippen molar-refractivity contribution in [2.45, 2.75) is 6.92 Å². The summed E-state index contributed by atoms with van der Waals surface area (Å²) in [5.74, 6) is 6.07. The average molecular weight is 171 g/mol. The number of nitrogens with zero attached hydrogens (tertiary/aromatic N) is 1. The van der Waals surface area contributed by atoms with Crippen LogP contribution in [0.1, 0.15) is 12.5 Å². The fourth-order valence-electron chi connectivity index (χ4n) is 0.871. The Kier molecular flexibility index (Phi) is 3.42. The average Bonchev–Trinajstić information content (AvgIpc) is 2.19. The molecule has 2 heteroatoms. The highest BCUT2D eigenvalue weighted by molar-refractivity contribution is 5.42. The van der Waals surface area contributed by atoms with Crippen LogP contribution in [0, 0.1) is 23.2 Å². The lowest BCUT2D eigenvalue weighted by Gasteiger charge is -2.02. The van der Waals surface area contributed by atoms with Crippen molar-refractivity contribution in [3.63, 3.8) is 0 Å². The Bertz CT molecular complexity index is 379. The van der Waals surface area contributed by atoms with Gasteiger partial charge in [-0.15, -0.1) is 5.92 Å². The molecule has 0 aromatic heterocycles. The predicted octanol–water partition coefficient (Wildman–Crippen LogP) is 1.96. The van der Waals surface area contributed by atoms with Gasteiger partial charge in [-0.05, 0) is 19.1 Å². The van der Waals surface area contributed by atoms with Crippen molar-refractivity contribution in [3.05, 3.63) is 29.8 Å². The maximum absolute atomic E-state index is 8.71. The van der Waals surface area contributed by atoms with Gasteiger partial charge in [-0.25, -0.2) is 0 Å². The van der Waals surface area contributed by atoms with Gasteiger partial charge in [-0.2, -0.15) is 5.26 Å². The summed E-state index contributed by atoms with van der Waals surface area (Å²) in [5, 5.41) is 8.71. The van der Waals surface area contributed by atoms with Gasteiger partial charge in [0.2, 0.25) is 0 Å². The molecule has 1 aromatic carbocycles. The predicted molar refractivity (Wildman–Crippen MR) is 50.1 cm³/mol. The minimum atomic E-state index is 0.329. The van der Waals surface area contributed by atoms with Crippen LogP contribution in [0.3, 0.4) is 0 Å². The summed E-state index contributed by atoms with van der Waals surface area (Å²) in [7, 11) is 0. The maximum atomic E-state index is 8.71. The fraction of sp³-hybridized carbons (Fsp3) is 0.182. The van der Waals surface area contributed by atoms with Crippen LogP contribution in [-0.2, 0) is 0 Å². The second kappa shape index (κ2) is 4.85. The molecule has 64 valence electrons. The minimum Gasteiger partial charge on any atom is -0.480 e. The van der Waals surface area contributed by atoms with Gasteiger partial charge in [-0.3, -0.25) is 0 Å². The Labute approximate surface area is 77.8 Å². The molecule has 0 atom stereocenters. The SMILES string of the molecule is CC#CCOc1ccccc1C#N. The van der Waals surface area contributed by atoms with Crippen LogP contribution in [0.25, 0.3) is 0 Å². The van der Waals surface area contributed by atoms with E-state index in [1.165, 1.54) is 0 Å². The normalized spacial score (nSPS) is 8.00. The summed E-state index contributed by atoms with van der Waals surface area (Å²) in [5.41, 5.74) is 0.542. The zero-order valence-corrected chi connectivity index (χ0v) is 7.37. The number of para-hydroxylation sites is 1. The standard InChI is InChI=1S/C11H9NO/c1-2-3-8-13-11-7-5-4-6-10(11)9-12/h4-7H,8H2,1H3. The molecule has 0 saturated heterocycles. The van der Waals surface area contributed by atoms with Gasteiger partial charge >= 0.3 is 0 Å². The van der Waals surface area contributed by atoms with E-state index in [-0.39, 0.29) is 0 Å². The second-order valence-electron chi connectivity index (χ2n) is 2.32. The summed E-state index contributed by atoms with van der Waals surface area (Å²) in [6, 6.07) is 9.16. The van der Waals surface area contributed by atoms with E-state index in [0.717, 1.165) is 0 Å². The molecular formula is C11H9NO. The highest BCUT2D eigenvalue weighted by atomic mass is 16.5. The highest BCUT2D eigenvalue weighted by Gasteiger charge is 1.98. The van der Waals surface area contributed by atoms with Gasteiger partial charge in [0.15, 0.2) is 0 Å². The molecule has 0 spiro atoms. The van der Waals surface area contributed by atoms with Gasteiger partial charge in [-0.1, -0.05) is 18.1 Å². The number of ether oxygens (including phenoxy) is 1. The Hall–Kier alpha value is -1.93. The molecule has 0 amide bonds. The molecule has 0 aliphatic rings. The van der Waals surface area contributed by atoms with Gasteiger partial charge in [0, 0.05) is 0 Å². The smallest absolute Gasteiger partial charge is 0.149 e. The summed E-state index contributed by atoms with van der Waals surface area (Å²) in [6.45, 7) is 2.08. The molecule has 0 fully saturated rings. The quantitative estimate of drug-likeness (QED) is 0.637. The lowest BCUT2D eigenvalue weighted by molar-refractivity contribution is 0.369. The molecule has 0 saturated carbocycles. The van der Waals surface area contributed by atoms with Crippen LogP contribution < -0.4 is 4.74 Å². The third-order valence-electron chi connectivity index (χ3n) is 1.48. The molecule has 2 nitrogen and oxygen atoms in total. The van der Waals surface area contributed by atoms with Crippen molar-refractivity contribution in [3.8, 4) is 23.7 Å². The first kappa shape index (κ1) is 9.16. The Morgan fingerprint density at radius 3 is 2.85 bits per heavy atom. The van der Waals surface area contributed by atoms with Crippen molar-refractivity contribution in [2.75, 3.05) is 6.61 Å². The number of nitriles is 1. The van der Waals surface area contributed by atoms with Crippen molar-refractivity contribution >= 4 is 0 Å². The monoisotopic (exact) mass is 171 g/mol. The molecule has 0 heterocycles. The third kappa shape index (κ3) is 2.54. The van der Waals surface area contributed by atoms with Gasteiger partial charge in [0.1, 0.15) is 18.4 Å². The topological polar surface area (TPSA) is 33.0 Å². The molecule has 1 rings (SSSR count). The molecule has 0 unspecified atom stereocenters. The van der Waals surface area contributed by atoms with Crippen molar-refractivity contribution in [2.24, 2.45) is 0 Å². The number of hydrogen-bond acceptors (Lipinski definition) is 2. The Morgan fingerprint density at radius 2 is 2.15 bits per heavy atom. The Morgan fingerprint density at radius 1 is 1.38 bits per heavy atom. The van der Waals surface area contributed by atoms with E-state index >= 15 is 0 Å². The lowest BCUT2D eigenvalue weighted by atomic mass is 10.2. The molecular weight excluding hydrogens is 162 g/mol. The zero-order valence-electron chi connectivity index (χ0n) is 7.37. The summed E-state index contributed by atoms with van der Waals surface area (Å²) in [6.07, 6.45) is 0. The Balaban J connectivity index is 2.75. The first-order valence-electron chi connectivity index (χ1n) is 3.90. The molecule has 0 aliphatic heterocycles. The third-order valence-corrected chi connectivity index (χ3v) is 1.48. The molecule has 0 radical (unpaired) electrons. The van der Waals surface area contributed by atoms with E-state index in [1.54, 1.807) is 25.1 Å². The van der Waals surface area contributed by atoms with Crippen molar-refractivity contribution in [1.82, 2.24) is 0 Å². The van der Waals surface area contributed by atoms with Crippen molar-refractivity contribution in [1.29, 1.82) is 5.26 Å². The van der Waals surface area contributed by atoms with E-state index in [1.807, 2.05) is 12.1 Å². The van der Waals surface area contributed by atoms with Crippen molar-refractivity contribution < 1.29 is 4.74 Å². The van der Waals surface area contributed by atoms with Gasteiger partial charge in [0.25, 0.3) is 0 Å². The first-order chi connectivity index (χ1) is 6.38. The minimum absolute atomic E-state index is 0.329. The van der Waals surface area contributed by atoms with E-state index in [0.29, 0.717) is 17.9 Å². The lowest BCUT2D eigenvalue weighted by Crippen LogP contribution is -1.95. The second-order valence-corrected chi connectivity index (χ2v) is 2.32. The molecule has 0 bridgehead atoms. The molecule has 0 aliphatic carbocycles. The van der Waals surface area contributed by atoms with Crippen LogP contribution in [0.4, 0.5) is 0 Å². The van der Waals surface area contributed by atoms with E-state index < -0.39 is 0 Å². The first-order valence-corrected chi connectivity index (χ1v) is 3.90. The van der Waals surface area contributed by atoms with Crippen LogP contribution in [0.2, 0.25) is 0 Å². The maximum Gasteiger partial charge on any atom is 0.149 e. The molecule has 1 aromatic rings. The van der Waals surface area contributed by atoms with E-state index in [2.05, 4.69) is 11.8 Å². The van der Waals surface area contributed by atoms with Crippen LogP contribution in [0.5, 0.6) is 5.75 Å². The van der Waals surface area contributed by atoms with E-state index in [4.69, 9.17) is 10.00 Å². The van der Waals surface area contributed by atoms with Crippen LogP contribution in [-0.4, -0.2) is 6.61 Å². The number of benzene rings is 1. The van der Waals surface area contributed by atoms with Crippen LogP contribution in [0.15, 0.2) is 24.3 Å². The summed E-state index contributed by atoms with van der Waals surface area (Å²) >= 11 is 0. The molecule has 0 N–H and O–H groups in total. The zero-order chi connectivity index (χ0) is 9.52. The number of rotatable bonds is 2. The molecule has 13 heavy (non-hydrogen) atoms. The highest BCUT2D eigenvalue weighted by Crippen LogP contribution is 2.15. The largest absolute Gasteiger partial charge is 0.480 e. The summed E-state index contributed by atoms with van der Waals surface area (Å²) in [4.78, 5) is 0. The van der Waals surface area contributed by atoms with Crippen LogP contribution >= 0.6 is 0 Å². The summed E-state index contributed by atoms with van der Waals surface area (Å²) < 4.78 is 5.27. The fourth-order valence-corrected chi connectivity index (χ4v) is 0.871. The van der Waals surface area contributed by atoms with Gasteiger partial charge < -0.3 is 4.74 Å².